The highest BCUT2D eigenvalue weighted by molar-refractivity contribution is 7.86. The van der Waals surface area contributed by atoms with E-state index < -0.39 is 46.7 Å². The molecule has 0 aliphatic rings. The molecule has 0 heterocycles. The van der Waals surface area contributed by atoms with E-state index in [0.717, 1.165) is 0 Å². The summed E-state index contributed by atoms with van der Waals surface area (Å²) in [5.41, 5.74) is 1.09. The maximum absolute atomic E-state index is 13.0. The van der Waals surface area contributed by atoms with Crippen molar-refractivity contribution in [3.63, 3.8) is 0 Å². The highest BCUT2D eigenvalue weighted by Crippen LogP contribution is 2.22. The Morgan fingerprint density at radius 3 is 2.14 bits per heavy atom. The van der Waals surface area contributed by atoms with E-state index in [1.165, 1.54) is 19.1 Å². The molecule has 0 aromatic heterocycles. The molecule has 190 valence electrons. The minimum Gasteiger partial charge on any atom is -0.466 e. The Kier molecular flexibility index (Phi) is 10.7. The van der Waals surface area contributed by atoms with Crippen molar-refractivity contribution in [2.75, 3.05) is 13.2 Å². The monoisotopic (exact) mass is 507 g/mol. The number of carbonyl (C=O) groups excluding carboxylic acids is 3. The van der Waals surface area contributed by atoms with Gasteiger partial charge in [0.25, 0.3) is 10.1 Å². The fraction of sp³-hybridized carbons (Fsp3) is 0.375. The number of amides is 1. The standard InChI is InChI=1S/C24H29NO9S/c1-4-31-21(26)15-19(34-35(29,30)20-14-10-9-11-17(20)3)22(23(27)32-5-2)25-24(28)33-16-18-12-7-6-8-13-18/h6-14,19,22H,4-5,15-16H2,1-3H3,(H,25,28). The lowest BCUT2D eigenvalue weighted by Gasteiger charge is -2.25. The van der Waals surface area contributed by atoms with Crippen molar-refractivity contribution in [2.24, 2.45) is 0 Å². The quantitative estimate of drug-likeness (QED) is 0.261. The van der Waals surface area contributed by atoms with Gasteiger partial charge in [0.05, 0.1) is 24.5 Å². The van der Waals surface area contributed by atoms with E-state index in [4.69, 9.17) is 18.4 Å². The van der Waals surface area contributed by atoms with Crippen molar-refractivity contribution < 1.29 is 41.2 Å². The SMILES string of the molecule is CCOC(=O)CC(OS(=O)(=O)c1ccccc1C)C(NC(=O)OCc1ccccc1)C(=O)OCC. The molecule has 35 heavy (non-hydrogen) atoms. The van der Waals surface area contributed by atoms with Crippen LogP contribution >= 0.6 is 0 Å². The van der Waals surface area contributed by atoms with Gasteiger partial charge < -0.3 is 19.5 Å². The van der Waals surface area contributed by atoms with E-state index in [9.17, 15) is 22.8 Å². The van der Waals surface area contributed by atoms with Crippen LogP contribution in [0.2, 0.25) is 0 Å². The molecular weight excluding hydrogens is 478 g/mol. The Morgan fingerprint density at radius 2 is 1.51 bits per heavy atom. The number of hydrogen-bond acceptors (Lipinski definition) is 9. The molecule has 2 rings (SSSR count). The van der Waals surface area contributed by atoms with Gasteiger partial charge in [-0.05, 0) is 38.0 Å². The Labute approximate surface area is 204 Å². The van der Waals surface area contributed by atoms with Crippen LogP contribution in [0.4, 0.5) is 4.79 Å². The van der Waals surface area contributed by atoms with E-state index in [1.807, 2.05) is 0 Å². The van der Waals surface area contributed by atoms with Crippen molar-refractivity contribution in [3.8, 4) is 0 Å². The zero-order chi connectivity index (χ0) is 25.8. The summed E-state index contributed by atoms with van der Waals surface area (Å²) in [6.45, 7) is 4.53. The van der Waals surface area contributed by atoms with Gasteiger partial charge in [-0.3, -0.25) is 8.98 Å². The molecule has 0 saturated heterocycles. The maximum atomic E-state index is 13.0. The molecule has 10 nitrogen and oxygen atoms in total. The molecule has 11 heteroatoms. The third-order valence-electron chi connectivity index (χ3n) is 4.68. The van der Waals surface area contributed by atoms with E-state index in [1.54, 1.807) is 56.3 Å². The van der Waals surface area contributed by atoms with Gasteiger partial charge in [-0.1, -0.05) is 48.5 Å². The van der Waals surface area contributed by atoms with Crippen LogP contribution < -0.4 is 5.32 Å². The van der Waals surface area contributed by atoms with Crippen molar-refractivity contribution >= 4 is 28.1 Å². The molecule has 2 unspecified atom stereocenters. The van der Waals surface area contributed by atoms with Crippen molar-refractivity contribution in [1.29, 1.82) is 0 Å². The van der Waals surface area contributed by atoms with Crippen LogP contribution in [0, 0.1) is 6.92 Å². The molecule has 2 aromatic rings. The minimum atomic E-state index is -4.44. The number of carbonyl (C=O) groups is 3. The van der Waals surface area contributed by atoms with Crippen LogP contribution in [-0.4, -0.2) is 51.8 Å². The Bertz CT molecular complexity index is 1100. The number of esters is 2. The highest BCUT2D eigenvalue weighted by Gasteiger charge is 2.38. The van der Waals surface area contributed by atoms with Crippen molar-refractivity contribution in [2.45, 2.75) is 50.8 Å². The number of aryl methyl sites for hydroxylation is 1. The van der Waals surface area contributed by atoms with Gasteiger partial charge in [0.1, 0.15) is 12.7 Å². The minimum absolute atomic E-state index is 0.0206. The van der Waals surface area contributed by atoms with Crippen molar-refractivity contribution in [1.82, 2.24) is 5.32 Å². The first-order valence-corrected chi connectivity index (χ1v) is 12.4. The highest BCUT2D eigenvalue weighted by atomic mass is 32.2. The lowest BCUT2D eigenvalue weighted by atomic mass is 10.1. The Balaban J connectivity index is 2.31. The molecule has 0 spiro atoms. The van der Waals surface area contributed by atoms with Crippen LogP contribution in [0.1, 0.15) is 31.4 Å². The van der Waals surface area contributed by atoms with Gasteiger partial charge in [0.2, 0.25) is 0 Å². The lowest BCUT2D eigenvalue weighted by Crippen LogP contribution is -2.52. The van der Waals surface area contributed by atoms with Crippen LogP contribution in [-0.2, 0) is 44.7 Å². The summed E-state index contributed by atoms with van der Waals surface area (Å²) in [5, 5.41) is 2.28. The van der Waals surface area contributed by atoms with Gasteiger partial charge in [-0.25, -0.2) is 9.59 Å². The Hall–Kier alpha value is -3.44. The summed E-state index contributed by atoms with van der Waals surface area (Å²) >= 11 is 0. The summed E-state index contributed by atoms with van der Waals surface area (Å²) in [6.07, 6.45) is -3.35. The molecule has 0 bridgehead atoms. The average Bonchev–Trinajstić information content (AvgIpc) is 2.81. The third-order valence-corrected chi connectivity index (χ3v) is 6.18. The summed E-state index contributed by atoms with van der Waals surface area (Å²) in [7, 11) is -4.44. The smallest absolute Gasteiger partial charge is 0.408 e. The number of alkyl carbamates (subject to hydrolysis) is 1. The Morgan fingerprint density at radius 1 is 0.886 bits per heavy atom. The van der Waals surface area contributed by atoms with Gasteiger partial charge in [-0.2, -0.15) is 8.42 Å². The number of nitrogens with one attached hydrogen (secondary N) is 1. The van der Waals surface area contributed by atoms with Gasteiger partial charge in [0.15, 0.2) is 6.04 Å². The second-order valence-electron chi connectivity index (χ2n) is 7.30. The number of benzene rings is 2. The van der Waals surface area contributed by atoms with E-state index in [-0.39, 0.29) is 24.7 Å². The summed E-state index contributed by atoms with van der Waals surface area (Å²) in [5.74, 6) is -1.83. The van der Waals surface area contributed by atoms with Crippen molar-refractivity contribution in [3.05, 3.63) is 65.7 Å². The number of hydrogen-bond donors (Lipinski definition) is 1. The summed E-state index contributed by atoms with van der Waals surface area (Å²) in [4.78, 5) is 37.3. The van der Waals surface area contributed by atoms with Crippen LogP contribution in [0.25, 0.3) is 0 Å². The van der Waals surface area contributed by atoms with Gasteiger partial charge in [0, 0.05) is 0 Å². The first-order chi connectivity index (χ1) is 16.7. The molecule has 0 fully saturated rings. The van der Waals surface area contributed by atoms with E-state index >= 15 is 0 Å². The zero-order valence-corrected chi connectivity index (χ0v) is 20.6. The van der Waals surface area contributed by atoms with Gasteiger partial charge in [-0.15, -0.1) is 0 Å². The molecule has 2 aromatic carbocycles. The third kappa shape index (κ3) is 8.69. The predicted octanol–water partition coefficient (Wildman–Crippen LogP) is 2.88. The largest absolute Gasteiger partial charge is 0.466 e. The molecule has 0 saturated carbocycles. The van der Waals surface area contributed by atoms with Gasteiger partial charge >= 0.3 is 18.0 Å². The van der Waals surface area contributed by atoms with E-state index in [2.05, 4.69) is 5.32 Å². The molecule has 0 aliphatic heterocycles. The number of rotatable bonds is 12. The number of ether oxygens (including phenoxy) is 3. The maximum Gasteiger partial charge on any atom is 0.408 e. The van der Waals surface area contributed by atoms with Crippen LogP contribution in [0.3, 0.4) is 0 Å². The second-order valence-corrected chi connectivity index (χ2v) is 8.84. The van der Waals surface area contributed by atoms with E-state index in [0.29, 0.717) is 11.1 Å². The molecule has 0 aliphatic carbocycles. The normalized spacial score (nSPS) is 12.8. The molecule has 1 N–H and O–H groups in total. The first kappa shape index (κ1) is 27.8. The molecule has 1 amide bonds. The first-order valence-electron chi connectivity index (χ1n) is 11.0. The average molecular weight is 508 g/mol. The second kappa shape index (κ2) is 13.4. The zero-order valence-electron chi connectivity index (χ0n) is 19.8. The summed E-state index contributed by atoms with van der Waals surface area (Å²) < 4.78 is 46.4. The fourth-order valence-corrected chi connectivity index (χ4v) is 4.39. The topological polar surface area (TPSA) is 134 Å². The predicted molar refractivity (Wildman–Crippen MR) is 125 cm³/mol. The lowest BCUT2D eigenvalue weighted by molar-refractivity contribution is -0.150. The van der Waals surface area contributed by atoms with Crippen LogP contribution in [0.15, 0.2) is 59.5 Å². The van der Waals surface area contributed by atoms with Crippen LogP contribution in [0.5, 0.6) is 0 Å². The molecule has 0 radical (unpaired) electrons. The summed E-state index contributed by atoms with van der Waals surface area (Å²) in [6, 6.07) is 13.2. The molecular formula is C24H29NO9S. The molecule has 2 atom stereocenters. The fourth-order valence-electron chi connectivity index (χ4n) is 3.07.